The number of rotatable bonds is 7. The molecule has 0 saturated carbocycles. The molecule has 0 fully saturated rings. The van der Waals surface area contributed by atoms with E-state index >= 15 is 0 Å². The SMILES string of the molecule is CNc1ccc(-c2ccc(OCCC(C)OC)cc2)cc1. The summed E-state index contributed by atoms with van der Waals surface area (Å²) in [6, 6.07) is 16.6. The number of nitrogens with one attached hydrogen (secondary N) is 1. The summed E-state index contributed by atoms with van der Waals surface area (Å²) in [5.41, 5.74) is 3.51. The Kier molecular flexibility index (Phi) is 5.64. The van der Waals surface area contributed by atoms with Gasteiger partial charge < -0.3 is 14.8 Å². The van der Waals surface area contributed by atoms with Gasteiger partial charge in [-0.05, 0) is 42.3 Å². The van der Waals surface area contributed by atoms with Gasteiger partial charge in [-0.3, -0.25) is 0 Å². The first-order valence-electron chi connectivity index (χ1n) is 7.27. The molecular weight excluding hydrogens is 262 g/mol. The first-order chi connectivity index (χ1) is 10.2. The zero-order chi connectivity index (χ0) is 15.1. The number of ether oxygens (including phenoxy) is 2. The van der Waals surface area contributed by atoms with Gasteiger partial charge in [0.1, 0.15) is 5.75 Å². The van der Waals surface area contributed by atoms with Crippen LogP contribution in [0.25, 0.3) is 11.1 Å². The molecule has 2 aromatic rings. The molecule has 0 aliphatic heterocycles. The Labute approximate surface area is 126 Å². The van der Waals surface area contributed by atoms with Crippen molar-refractivity contribution in [2.24, 2.45) is 0 Å². The second-order valence-electron chi connectivity index (χ2n) is 5.04. The second kappa shape index (κ2) is 7.70. The van der Waals surface area contributed by atoms with E-state index in [2.05, 4.69) is 41.7 Å². The van der Waals surface area contributed by atoms with Gasteiger partial charge in [-0.15, -0.1) is 0 Å². The molecule has 2 rings (SSSR count). The first kappa shape index (κ1) is 15.4. The van der Waals surface area contributed by atoms with Crippen molar-refractivity contribution < 1.29 is 9.47 Å². The van der Waals surface area contributed by atoms with E-state index < -0.39 is 0 Å². The van der Waals surface area contributed by atoms with Crippen LogP contribution in [0, 0.1) is 0 Å². The highest BCUT2D eigenvalue weighted by molar-refractivity contribution is 5.66. The molecule has 2 aromatic carbocycles. The molecule has 112 valence electrons. The Hall–Kier alpha value is -2.00. The largest absolute Gasteiger partial charge is 0.493 e. The monoisotopic (exact) mass is 285 g/mol. The lowest BCUT2D eigenvalue weighted by Crippen LogP contribution is -2.10. The summed E-state index contributed by atoms with van der Waals surface area (Å²) < 4.78 is 10.9. The first-order valence-corrected chi connectivity index (χ1v) is 7.27. The van der Waals surface area contributed by atoms with Crippen LogP contribution in [0.15, 0.2) is 48.5 Å². The molecule has 1 atom stereocenters. The molecule has 0 radical (unpaired) electrons. The minimum absolute atomic E-state index is 0.231. The minimum atomic E-state index is 0.231. The quantitative estimate of drug-likeness (QED) is 0.827. The molecule has 0 aromatic heterocycles. The summed E-state index contributed by atoms with van der Waals surface area (Å²) in [7, 11) is 3.64. The molecule has 1 N–H and O–H groups in total. The Bertz CT molecular complexity index is 534. The van der Waals surface area contributed by atoms with E-state index in [-0.39, 0.29) is 6.10 Å². The van der Waals surface area contributed by atoms with E-state index in [0.717, 1.165) is 17.9 Å². The van der Waals surface area contributed by atoms with Crippen LogP contribution < -0.4 is 10.1 Å². The number of methoxy groups -OCH3 is 1. The average Bonchev–Trinajstić information content (AvgIpc) is 2.55. The predicted molar refractivity (Wildman–Crippen MR) is 88.0 cm³/mol. The van der Waals surface area contributed by atoms with Crippen LogP contribution >= 0.6 is 0 Å². The van der Waals surface area contributed by atoms with Crippen LogP contribution in [0.5, 0.6) is 5.75 Å². The fourth-order valence-corrected chi connectivity index (χ4v) is 2.03. The van der Waals surface area contributed by atoms with Crippen LogP contribution in [0.1, 0.15) is 13.3 Å². The van der Waals surface area contributed by atoms with Crippen molar-refractivity contribution in [3.63, 3.8) is 0 Å². The zero-order valence-electron chi connectivity index (χ0n) is 12.9. The summed E-state index contributed by atoms with van der Waals surface area (Å²) in [5, 5.41) is 3.12. The van der Waals surface area contributed by atoms with Gasteiger partial charge in [0.25, 0.3) is 0 Å². The second-order valence-corrected chi connectivity index (χ2v) is 5.04. The van der Waals surface area contributed by atoms with E-state index in [4.69, 9.17) is 9.47 Å². The van der Waals surface area contributed by atoms with E-state index in [1.165, 1.54) is 11.1 Å². The lowest BCUT2D eigenvalue weighted by molar-refractivity contribution is 0.0956. The smallest absolute Gasteiger partial charge is 0.119 e. The Morgan fingerprint density at radius 3 is 2.05 bits per heavy atom. The van der Waals surface area contributed by atoms with Gasteiger partial charge in [-0.25, -0.2) is 0 Å². The van der Waals surface area contributed by atoms with Gasteiger partial charge in [0.05, 0.1) is 12.7 Å². The van der Waals surface area contributed by atoms with Crippen LogP contribution in [-0.4, -0.2) is 26.9 Å². The van der Waals surface area contributed by atoms with Crippen LogP contribution in [0.2, 0.25) is 0 Å². The van der Waals surface area contributed by atoms with Gasteiger partial charge >= 0.3 is 0 Å². The molecule has 3 heteroatoms. The molecule has 0 amide bonds. The fraction of sp³-hybridized carbons (Fsp3) is 0.333. The van der Waals surface area contributed by atoms with E-state index in [0.29, 0.717) is 6.61 Å². The van der Waals surface area contributed by atoms with Crippen molar-refractivity contribution in [1.82, 2.24) is 0 Å². The molecule has 0 bridgehead atoms. The number of hydrogen-bond donors (Lipinski definition) is 1. The molecule has 3 nitrogen and oxygen atoms in total. The summed E-state index contributed by atoms with van der Waals surface area (Å²) in [4.78, 5) is 0. The molecule has 0 spiro atoms. The topological polar surface area (TPSA) is 30.5 Å². The highest BCUT2D eigenvalue weighted by Gasteiger charge is 2.01. The van der Waals surface area contributed by atoms with E-state index in [1.807, 2.05) is 26.1 Å². The van der Waals surface area contributed by atoms with Crippen LogP contribution in [-0.2, 0) is 4.74 Å². The van der Waals surface area contributed by atoms with Crippen molar-refractivity contribution >= 4 is 5.69 Å². The van der Waals surface area contributed by atoms with E-state index in [1.54, 1.807) is 7.11 Å². The van der Waals surface area contributed by atoms with Crippen LogP contribution in [0.3, 0.4) is 0 Å². The zero-order valence-corrected chi connectivity index (χ0v) is 12.9. The third kappa shape index (κ3) is 4.50. The Balaban J connectivity index is 1.94. The van der Waals surface area contributed by atoms with Gasteiger partial charge in [0.15, 0.2) is 0 Å². The van der Waals surface area contributed by atoms with Gasteiger partial charge in [0.2, 0.25) is 0 Å². The van der Waals surface area contributed by atoms with Gasteiger partial charge in [-0.2, -0.15) is 0 Å². The molecule has 21 heavy (non-hydrogen) atoms. The predicted octanol–water partition coefficient (Wildman–Crippen LogP) is 4.20. The summed E-state index contributed by atoms with van der Waals surface area (Å²) in [6.45, 7) is 2.71. The maximum atomic E-state index is 5.72. The Morgan fingerprint density at radius 1 is 0.952 bits per heavy atom. The highest BCUT2D eigenvalue weighted by atomic mass is 16.5. The molecule has 0 aliphatic rings. The highest BCUT2D eigenvalue weighted by Crippen LogP contribution is 2.24. The molecule has 1 unspecified atom stereocenters. The maximum absolute atomic E-state index is 5.72. The normalized spacial score (nSPS) is 12.0. The molecule has 0 saturated heterocycles. The summed E-state index contributed by atoms with van der Waals surface area (Å²) in [5.74, 6) is 0.897. The minimum Gasteiger partial charge on any atom is -0.493 e. The Morgan fingerprint density at radius 2 is 1.52 bits per heavy atom. The molecule has 0 heterocycles. The van der Waals surface area contributed by atoms with Gasteiger partial charge in [-0.1, -0.05) is 24.3 Å². The van der Waals surface area contributed by atoms with Crippen molar-refractivity contribution in [2.45, 2.75) is 19.4 Å². The lowest BCUT2D eigenvalue weighted by Gasteiger charge is -2.11. The average molecular weight is 285 g/mol. The number of hydrogen-bond acceptors (Lipinski definition) is 3. The summed E-state index contributed by atoms with van der Waals surface area (Å²) in [6.07, 6.45) is 1.12. The third-order valence-corrected chi connectivity index (χ3v) is 3.56. The standard InChI is InChI=1S/C18H23NO2/c1-14(20-3)12-13-21-18-10-6-16(7-11-18)15-4-8-17(19-2)9-5-15/h4-11,14,19H,12-13H2,1-3H3. The number of anilines is 1. The molecule has 0 aliphatic carbocycles. The van der Waals surface area contributed by atoms with Crippen molar-refractivity contribution in [3.8, 4) is 16.9 Å². The summed E-state index contributed by atoms with van der Waals surface area (Å²) >= 11 is 0. The number of benzene rings is 2. The molecular formula is C18H23NO2. The van der Waals surface area contributed by atoms with Gasteiger partial charge in [0, 0.05) is 26.3 Å². The van der Waals surface area contributed by atoms with Crippen molar-refractivity contribution in [2.75, 3.05) is 26.1 Å². The van der Waals surface area contributed by atoms with Crippen molar-refractivity contribution in [3.05, 3.63) is 48.5 Å². The van der Waals surface area contributed by atoms with Crippen molar-refractivity contribution in [1.29, 1.82) is 0 Å². The van der Waals surface area contributed by atoms with Crippen LogP contribution in [0.4, 0.5) is 5.69 Å². The van der Waals surface area contributed by atoms with E-state index in [9.17, 15) is 0 Å². The fourth-order valence-electron chi connectivity index (χ4n) is 2.03. The lowest BCUT2D eigenvalue weighted by atomic mass is 10.1. The third-order valence-electron chi connectivity index (χ3n) is 3.56. The maximum Gasteiger partial charge on any atom is 0.119 e.